The van der Waals surface area contributed by atoms with Crippen LogP contribution < -0.4 is 10.6 Å². The smallest absolute Gasteiger partial charge is 0.278 e. The summed E-state index contributed by atoms with van der Waals surface area (Å²) in [7, 11) is 0. The SMILES string of the molecule is O=C(NCCNc1ccc([N+](=O)[O-])c2cccnc12)c1ccccc1. The highest BCUT2D eigenvalue weighted by molar-refractivity contribution is 5.96. The summed E-state index contributed by atoms with van der Waals surface area (Å²) in [5.74, 6) is -0.144. The van der Waals surface area contributed by atoms with E-state index in [1.165, 1.54) is 6.07 Å². The maximum atomic E-state index is 12.0. The molecule has 1 aromatic heterocycles. The number of amides is 1. The second kappa shape index (κ2) is 7.39. The third-order valence-corrected chi connectivity index (χ3v) is 3.71. The van der Waals surface area contributed by atoms with E-state index in [0.717, 1.165) is 0 Å². The Balaban J connectivity index is 1.65. The number of hydrogen-bond acceptors (Lipinski definition) is 5. The molecular formula is C18H16N4O3. The zero-order valence-electron chi connectivity index (χ0n) is 13.3. The molecule has 0 atom stereocenters. The van der Waals surface area contributed by atoms with Gasteiger partial charge in [-0.15, -0.1) is 0 Å². The third-order valence-electron chi connectivity index (χ3n) is 3.71. The predicted octanol–water partition coefficient (Wildman–Crippen LogP) is 2.98. The van der Waals surface area contributed by atoms with Crippen molar-refractivity contribution in [2.75, 3.05) is 18.4 Å². The van der Waals surface area contributed by atoms with E-state index in [2.05, 4.69) is 15.6 Å². The van der Waals surface area contributed by atoms with Gasteiger partial charge in [-0.3, -0.25) is 19.9 Å². The summed E-state index contributed by atoms with van der Waals surface area (Å²) in [6.07, 6.45) is 1.59. The molecule has 0 unspecified atom stereocenters. The van der Waals surface area contributed by atoms with Crippen LogP contribution in [-0.4, -0.2) is 28.9 Å². The number of carbonyl (C=O) groups is 1. The molecule has 1 heterocycles. The molecule has 0 saturated carbocycles. The first kappa shape index (κ1) is 16.4. The van der Waals surface area contributed by atoms with E-state index in [4.69, 9.17) is 0 Å². The average molecular weight is 336 g/mol. The van der Waals surface area contributed by atoms with Gasteiger partial charge >= 0.3 is 0 Å². The number of aromatic nitrogens is 1. The molecule has 126 valence electrons. The molecule has 1 amide bonds. The first-order chi connectivity index (χ1) is 12.2. The molecule has 0 fully saturated rings. The fraction of sp³-hybridized carbons (Fsp3) is 0.111. The number of pyridine rings is 1. The molecule has 3 aromatic rings. The Morgan fingerprint density at radius 1 is 1.04 bits per heavy atom. The Kier molecular flexibility index (Phi) is 4.84. The van der Waals surface area contributed by atoms with Gasteiger partial charge in [0.2, 0.25) is 0 Å². The zero-order chi connectivity index (χ0) is 17.6. The van der Waals surface area contributed by atoms with Crippen LogP contribution in [0.2, 0.25) is 0 Å². The maximum absolute atomic E-state index is 12.0. The van der Waals surface area contributed by atoms with Crippen LogP contribution in [0.3, 0.4) is 0 Å². The summed E-state index contributed by atoms with van der Waals surface area (Å²) in [6, 6.07) is 15.4. The lowest BCUT2D eigenvalue weighted by Gasteiger charge is -2.10. The highest BCUT2D eigenvalue weighted by Crippen LogP contribution is 2.29. The molecule has 0 aliphatic heterocycles. The molecular weight excluding hydrogens is 320 g/mol. The Bertz CT molecular complexity index is 913. The Hall–Kier alpha value is -3.48. The van der Waals surface area contributed by atoms with Gasteiger partial charge in [0.05, 0.1) is 16.0 Å². The van der Waals surface area contributed by atoms with Crippen molar-refractivity contribution in [2.24, 2.45) is 0 Å². The third kappa shape index (κ3) is 3.72. The van der Waals surface area contributed by atoms with Crippen molar-refractivity contribution in [2.45, 2.75) is 0 Å². The highest BCUT2D eigenvalue weighted by atomic mass is 16.6. The summed E-state index contributed by atoms with van der Waals surface area (Å²) in [5, 5.41) is 17.6. The molecule has 0 aliphatic rings. The van der Waals surface area contributed by atoms with Gasteiger partial charge in [-0.2, -0.15) is 0 Å². The van der Waals surface area contributed by atoms with Crippen molar-refractivity contribution in [3.63, 3.8) is 0 Å². The number of nitrogens with zero attached hydrogens (tertiary/aromatic N) is 2. The molecule has 7 heteroatoms. The minimum Gasteiger partial charge on any atom is -0.382 e. The topological polar surface area (TPSA) is 97.2 Å². The lowest BCUT2D eigenvalue weighted by Crippen LogP contribution is -2.28. The van der Waals surface area contributed by atoms with Crippen LogP contribution in [0.1, 0.15) is 10.4 Å². The summed E-state index contributed by atoms with van der Waals surface area (Å²) < 4.78 is 0. The van der Waals surface area contributed by atoms with E-state index in [9.17, 15) is 14.9 Å². The number of hydrogen-bond donors (Lipinski definition) is 2. The number of non-ortho nitro benzene ring substituents is 1. The molecule has 0 spiro atoms. The molecule has 7 nitrogen and oxygen atoms in total. The number of carbonyl (C=O) groups excluding carboxylic acids is 1. The lowest BCUT2D eigenvalue weighted by molar-refractivity contribution is -0.383. The first-order valence-electron chi connectivity index (χ1n) is 7.76. The second-order valence-electron chi connectivity index (χ2n) is 5.34. The Morgan fingerprint density at radius 3 is 2.60 bits per heavy atom. The normalized spacial score (nSPS) is 10.4. The first-order valence-corrected chi connectivity index (χ1v) is 7.76. The van der Waals surface area contributed by atoms with E-state index in [1.807, 2.05) is 18.2 Å². The van der Waals surface area contributed by atoms with Gasteiger partial charge in [0, 0.05) is 30.9 Å². The number of nitro benzene ring substituents is 1. The minimum atomic E-state index is -0.423. The van der Waals surface area contributed by atoms with Gasteiger partial charge in [-0.05, 0) is 30.3 Å². The molecule has 0 bridgehead atoms. The summed E-state index contributed by atoms with van der Waals surface area (Å²) in [5.41, 5.74) is 1.84. The molecule has 2 aromatic carbocycles. The van der Waals surface area contributed by atoms with E-state index < -0.39 is 4.92 Å². The molecule has 25 heavy (non-hydrogen) atoms. The number of anilines is 1. The summed E-state index contributed by atoms with van der Waals surface area (Å²) >= 11 is 0. The standard InChI is InChI=1S/C18H16N4O3/c23-18(13-5-2-1-3-6-13)21-12-11-19-15-8-9-16(22(24)25)14-7-4-10-20-17(14)15/h1-10,19H,11-12H2,(H,21,23). The summed E-state index contributed by atoms with van der Waals surface area (Å²) in [4.78, 5) is 26.9. The zero-order valence-corrected chi connectivity index (χ0v) is 13.3. The maximum Gasteiger partial charge on any atom is 0.278 e. The fourth-order valence-corrected chi connectivity index (χ4v) is 2.52. The Morgan fingerprint density at radius 2 is 1.84 bits per heavy atom. The molecule has 2 N–H and O–H groups in total. The van der Waals surface area contributed by atoms with E-state index >= 15 is 0 Å². The molecule has 0 aliphatic carbocycles. The van der Waals surface area contributed by atoms with Crippen LogP contribution in [0, 0.1) is 10.1 Å². The number of rotatable bonds is 6. The molecule has 0 radical (unpaired) electrons. The monoisotopic (exact) mass is 336 g/mol. The van der Waals surface area contributed by atoms with Gasteiger partial charge in [0.1, 0.15) is 5.52 Å². The highest BCUT2D eigenvalue weighted by Gasteiger charge is 2.14. The fourth-order valence-electron chi connectivity index (χ4n) is 2.52. The number of fused-ring (bicyclic) bond motifs is 1. The molecule has 3 rings (SSSR count). The van der Waals surface area contributed by atoms with Gasteiger partial charge < -0.3 is 10.6 Å². The number of nitro groups is 1. The van der Waals surface area contributed by atoms with Crippen LogP contribution >= 0.6 is 0 Å². The largest absolute Gasteiger partial charge is 0.382 e. The van der Waals surface area contributed by atoms with Crippen LogP contribution in [0.4, 0.5) is 11.4 Å². The predicted molar refractivity (Wildman–Crippen MR) is 95.7 cm³/mol. The van der Waals surface area contributed by atoms with Gasteiger partial charge in [0.25, 0.3) is 11.6 Å². The summed E-state index contributed by atoms with van der Waals surface area (Å²) in [6.45, 7) is 0.890. The van der Waals surface area contributed by atoms with Crippen molar-refractivity contribution >= 4 is 28.2 Å². The van der Waals surface area contributed by atoms with Crippen molar-refractivity contribution in [3.05, 3.63) is 76.5 Å². The average Bonchev–Trinajstić information content (AvgIpc) is 2.65. The van der Waals surface area contributed by atoms with Crippen LogP contribution in [0.15, 0.2) is 60.8 Å². The number of benzene rings is 2. The minimum absolute atomic E-state index is 0.0195. The van der Waals surface area contributed by atoms with Gasteiger partial charge in [0.15, 0.2) is 0 Å². The van der Waals surface area contributed by atoms with Crippen LogP contribution in [-0.2, 0) is 0 Å². The van der Waals surface area contributed by atoms with E-state index in [0.29, 0.717) is 35.2 Å². The Labute approximate surface area is 143 Å². The van der Waals surface area contributed by atoms with Crippen LogP contribution in [0.25, 0.3) is 10.9 Å². The van der Waals surface area contributed by atoms with Crippen molar-refractivity contribution < 1.29 is 9.72 Å². The van der Waals surface area contributed by atoms with Crippen molar-refractivity contribution in [1.82, 2.24) is 10.3 Å². The van der Waals surface area contributed by atoms with Gasteiger partial charge in [-0.25, -0.2) is 0 Å². The van der Waals surface area contributed by atoms with E-state index in [-0.39, 0.29) is 11.6 Å². The van der Waals surface area contributed by atoms with Crippen LogP contribution in [0.5, 0.6) is 0 Å². The van der Waals surface area contributed by atoms with Crippen molar-refractivity contribution in [1.29, 1.82) is 0 Å². The second-order valence-corrected chi connectivity index (χ2v) is 5.34. The quantitative estimate of drug-likeness (QED) is 0.410. The van der Waals surface area contributed by atoms with E-state index in [1.54, 1.807) is 36.5 Å². The number of nitrogens with one attached hydrogen (secondary N) is 2. The van der Waals surface area contributed by atoms with Gasteiger partial charge in [-0.1, -0.05) is 18.2 Å². The van der Waals surface area contributed by atoms with Crippen molar-refractivity contribution in [3.8, 4) is 0 Å². The molecule has 0 saturated heterocycles. The lowest BCUT2D eigenvalue weighted by atomic mass is 10.1.